The Morgan fingerprint density at radius 2 is 2.21 bits per heavy atom. The molecule has 1 aromatic carbocycles. The van der Waals surface area contributed by atoms with Crippen molar-refractivity contribution in [3.8, 4) is 11.5 Å². The predicted molar refractivity (Wildman–Crippen MR) is 91.9 cm³/mol. The number of rotatable bonds is 3. The number of hydrogen-bond donors (Lipinski definition) is 1. The van der Waals surface area contributed by atoms with Crippen LogP contribution in [-0.4, -0.2) is 43.8 Å². The molecule has 1 atom stereocenters. The van der Waals surface area contributed by atoms with Crippen molar-refractivity contribution in [2.24, 2.45) is 5.92 Å². The van der Waals surface area contributed by atoms with E-state index in [0.717, 1.165) is 63.5 Å². The van der Waals surface area contributed by atoms with Gasteiger partial charge in [-0.1, -0.05) is 6.92 Å². The standard InChI is InChI=1S/C19H26N2O3/c1-13-3-2-8-21(12-13)19(22)20-7-4-16-15-6-10-23-17(15)11-14-5-9-24-18(14)16/h11,13H,2-10,12H2,1H3,(H,20,22). The van der Waals surface area contributed by atoms with Gasteiger partial charge in [-0.2, -0.15) is 0 Å². The third kappa shape index (κ3) is 2.92. The Balaban J connectivity index is 1.41. The van der Waals surface area contributed by atoms with E-state index in [0.29, 0.717) is 12.5 Å². The quantitative estimate of drug-likeness (QED) is 0.926. The van der Waals surface area contributed by atoms with Crippen LogP contribution in [0.4, 0.5) is 4.79 Å². The Kier molecular flexibility index (Phi) is 4.25. The molecule has 1 saturated heterocycles. The highest BCUT2D eigenvalue weighted by molar-refractivity contribution is 5.74. The van der Waals surface area contributed by atoms with E-state index in [9.17, 15) is 4.79 Å². The van der Waals surface area contributed by atoms with Gasteiger partial charge in [-0.15, -0.1) is 0 Å². The van der Waals surface area contributed by atoms with Crippen LogP contribution in [0.5, 0.6) is 11.5 Å². The summed E-state index contributed by atoms with van der Waals surface area (Å²) in [6, 6.07) is 2.21. The summed E-state index contributed by atoms with van der Waals surface area (Å²) in [5.74, 6) is 2.67. The van der Waals surface area contributed by atoms with E-state index >= 15 is 0 Å². The number of benzene rings is 1. The number of piperidine rings is 1. The van der Waals surface area contributed by atoms with Gasteiger partial charge in [0.25, 0.3) is 0 Å². The molecule has 0 aliphatic carbocycles. The molecule has 5 nitrogen and oxygen atoms in total. The summed E-state index contributed by atoms with van der Waals surface area (Å²) in [6.45, 7) is 6.12. The summed E-state index contributed by atoms with van der Waals surface area (Å²) in [5.41, 5.74) is 3.77. The first kappa shape index (κ1) is 15.6. The van der Waals surface area contributed by atoms with Crippen molar-refractivity contribution in [1.29, 1.82) is 0 Å². The molecule has 3 aliphatic rings. The lowest BCUT2D eigenvalue weighted by atomic mass is 9.97. The largest absolute Gasteiger partial charge is 0.493 e. The van der Waals surface area contributed by atoms with E-state index in [1.54, 1.807) is 0 Å². The van der Waals surface area contributed by atoms with Gasteiger partial charge in [-0.3, -0.25) is 0 Å². The molecule has 1 unspecified atom stereocenters. The van der Waals surface area contributed by atoms with Crippen LogP contribution in [0, 0.1) is 5.92 Å². The summed E-state index contributed by atoms with van der Waals surface area (Å²) in [4.78, 5) is 14.3. The van der Waals surface area contributed by atoms with Gasteiger partial charge in [-0.25, -0.2) is 4.79 Å². The highest BCUT2D eigenvalue weighted by Crippen LogP contribution is 2.40. The normalized spacial score (nSPS) is 21.7. The molecule has 3 aliphatic heterocycles. The maximum atomic E-state index is 12.4. The maximum absolute atomic E-state index is 12.4. The average Bonchev–Trinajstić information content (AvgIpc) is 3.22. The van der Waals surface area contributed by atoms with Crippen LogP contribution in [0.1, 0.15) is 36.5 Å². The lowest BCUT2D eigenvalue weighted by molar-refractivity contribution is 0.170. The molecule has 0 aromatic heterocycles. The third-order valence-electron chi connectivity index (χ3n) is 5.36. The smallest absolute Gasteiger partial charge is 0.317 e. The maximum Gasteiger partial charge on any atom is 0.317 e. The SMILES string of the molecule is CC1CCCN(C(=O)NCCc2c3c(cc4c2OCC4)OCC3)C1. The van der Waals surface area contributed by atoms with Crippen LogP contribution in [0.3, 0.4) is 0 Å². The molecule has 3 heterocycles. The molecule has 0 bridgehead atoms. The van der Waals surface area contributed by atoms with E-state index in [1.165, 1.54) is 23.1 Å². The minimum atomic E-state index is 0.0722. The molecule has 24 heavy (non-hydrogen) atoms. The van der Waals surface area contributed by atoms with E-state index in [1.807, 2.05) is 4.90 Å². The fourth-order valence-corrected chi connectivity index (χ4v) is 4.13. The van der Waals surface area contributed by atoms with Crippen LogP contribution in [0.2, 0.25) is 0 Å². The van der Waals surface area contributed by atoms with Crippen molar-refractivity contribution >= 4 is 6.03 Å². The Bertz CT molecular complexity index is 612. The molecule has 1 N–H and O–H groups in total. The molecule has 2 amide bonds. The second kappa shape index (κ2) is 6.54. The zero-order valence-electron chi connectivity index (χ0n) is 14.4. The van der Waals surface area contributed by atoms with Gasteiger partial charge >= 0.3 is 6.03 Å². The van der Waals surface area contributed by atoms with E-state index in [-0.39, 0.29) is 6.03 Å². The number of nitrogens with zero attached hydrogens (tertiary/aromatic N) is 1. The highest BCUT2D eigenvalue weighted by atomic mass is 16.5. The van der Waals surface area contributed by atoms with Gasteiger partial charge in [0.05, 0.1) is 13.2 Å². The van der Waals surface area contributed by atoms with Crippen LogP contribution in [0.15, 0.2) is 6.07 Å². The fraction of sp³-hybridized carbons (Fsp3) is 0.632. The number of urea groups is 1. The van der Waals surface area contributed by atoms with Crippen molar-refractivity contribution in [1.82, 2.24) is 10.2 Å². The van der Waals surface area contributed by atoms with Crippen LogP contribution in [-0.2, 0) is 19.3 Å². The van der Waals surface area contributed by atoms with E-state index in [2.05, 4.69) is 18.3 Å². The van der Waals surface area contributed by atoms with Crippen molar-refractivity contribution in [2.75, 3.05) is 32.8 Å². The second-order valence-electron chi connectivity index (χ2n) is 7.19. The minimum Gasteiger partial charge on any atom is -0.493 e. The summed E-state index contributed by atoms with van der Waals surface area (Å²) in [6.07, 6.45) is 5.04. The molecule has 4 rings (SSSR count). The molecule has 0 saturated carbocycles. The Morgan fingerprint density at radius 3 is 3.08 bits per heavy atom. The Morgan fingerprint density at radius 1 is 1.33 bits per heavy atom. The summed E-state index contributed by atoms with van der Waals surface area (Å²) < 4.78 is 11.6. The first-order chi connectivity index (χ1) is 11.7. The lowest BCUT2D eigenvalue weighted by Crippen LogP contribution is -2.45. The Hall–Kier alpha value is -1.91. The molecule has 1 aromatic rings. The van der Waals surface area contributed by atoms with Crippen LogP contribution < -0.4 is 14.8 Å². The van der Waals surface area contributed by atoms with Crippen LogP contribution in [0.25, 0.3) is 0 Å². The summed E-state index contributed by atoms with van der Waals surface area (Å²) in [7, 11) is 0. The molecular weight excluding hydrogens is 304 g/mol. The molecule has 0 radical (unpaired) electrons. The second-order valence-corrected chi connectivity index (χ2v) is 7.19. The van der Waals surface area contributed by atoms with Crippen LogP contribution >= 0.6 is 0 Å². The number of hydrogen-bond acceptors (Lipinski definition) is 3. The molecule has 5 heteroatoms. The Labute approximate surface area is 143 Å². The summed E-state index contributed by atoms with van der Waals surface area (Å²) >= 11 is 0. The summed E-state index contributed by atoms with van der Waals surface area (Å²) in [5, 5.41) is 3.09. The van der Waals surface area contributed by atoms with Gasteiger partial charge in [0, 0.05) is 49.2 Å². The molecule has 1 fully saturated rings. The predicted octanol–water partition coefficient (Wildman–Crippen LogP) is 2.54. The van der Waals surface area contributed by atoms with Gasteiger partial charge < -0.3 is 19.7 Å². The van der Waals surface area contributed by atoms with Crippen molar-refractivity contribution < 1.29 is 14.3 Å². The third-order valence-corrected chi connectivity index (χ3v) is 5.36. The number of amides is 2. The van der Waals surface area contributed by atoms with Crippen molar-refractivity contribution in [3.63, 3.8) is 0 Å². The number of fused-ring (bicyclic) bond motifs is 2. The number of carbonyl (C=O) groups is 1. The van der Waals surface area contributed by atoms with Crippen molar-refractivity contribution in [2.45, 2.75) is 39.0 Å². The first-order valence-electron chi connectivity index (χ1n) is 9.18. The van der Waals surface area contributed by atoms with Gasteiger partial charge in [-0.05, 0) is 31.2 Å². The monoisotopic (exact) mass is 330 g/mol. The van der Waals surface area contributed by atoms with E-state index < -0.39 is 0 Å². The number of ether oxygens (including phenoxy) is 2. The number of likely N-dealkylation sites (tertiary alicyclic amines) is 1. The highest BCUT2D eigenvalue weighted by Gasteiger charge is 2.26. The van der Waals surface area contributed by atoms with Crippen molar-refractivity contribution in [3.05, 3.63) is 22.8 Å². The van der Waals surface area contributed by atoms with E-state index in [4.69, 9.17) is 9.47 Å². The van der Waals surface area contributed by atoms with Gasteiger partial charge in [0.2, 0.25) is 0 Å². The molecule has 130 valence electrons. The first-order valence-corrected chi connectivity index (χ1v) is 9.18. The fourth-order valence-electron chi connectivity index (χ4n) is 4.13. The molecular formula is C19H26N2O3. The zero-order valence-corrected chi connectivity index (χ0v) is 14.4. The topological polar surface area (TPSA) is 50.8 Å². The average molecular weight is 330 g/mol. The molecule has 0 spiro atoms. The number of nitrogens with one attached hydrogen (secondary N) is 1. The zero-order chi connectivity index (χ0) is 16.5. The minimum absolute atomic E-state index is 0.0722. The van der Waals surface area contributed by atoms with Gasteiger partial charge in [0.15, 0.2) is 0 Å². The van der Waals surface area contributed by atoms with Gasteiger partial charge in [0.1, 0.15) is 11.5 Å². The number of carbonyl (C=O) groups excluding carboxylic acids is 1. The lowest BCUT2D eigenvalue weighted by Gasteiger charge is -2.31.